The topological polar surface area (TPSA) is 81.2 Å². The number of aromatic nitrogens is 2. The van der Waals surface area contributed by atoms with Crippen molar-refractivity contribution in [3.05, 3.63) is 89.2 Å². The molecule has 0 atom stereocenters. The van der Waals surface area contributed by atoms with Crippen LogP contribution in [0.15, 0.2) is 73.1 Å². The van der Waals surface area contributed by atoms with Crippen LogP contribution in [0.25, 0.3) is 10.9 Å². The number of esters is 1. The summed E-state index contributed by atoms with van der Waals surface area (Å²) < 4.78 is 5.15. The zero-order chi connectivity index (χ0) is 21.1. The van der Waals surface area contributed by atoms with Gasteiger partial charge in [-0.05, 0) is 36.4 Å². The molecule has 3 aromatic carbocycles. The van der Waals surface area contributed by atoms with Crippen molar-refractivity contribution in [2.24, 2.45) is 0 Å². The molecule has 156 valence electrons. The summed E-state index contributed by atoms with van der Waals surface area (Å²) in [7, 11) is 0. The van der Waals surface area contributed by atoms with Crippen LogP contribution in [0.5, 0.6) is 5.75 Å². The first-order valence-corrected chi connectivity index (χ1v) is 9.48. The molecule has 0 bridgehead atoms. The third-order valence-electron chi connectivity index (χ3n) is 4.38. The van der Waals surface area contributed by atoms with E-state index in [2.05, 4.69) is 15.3 Å². The van der Waals surface area contributed by atoms with E-state index in [1.165, 1.54) is 13.3 Å². The number of halogens is 2. The molecule has 8 heteroatoms. The van der Waals surface area contributed by atoms with Gasteiger partial charge in [-0.25, -0.2) is 9.97 Å². The minimum absolute atomic E-state index is 0. The zero-order valence-electron chi connectivity index (χ0n) is 16.3. The van der Waals surface area contributed by atoms with E-state index in [-0.39, 0.29) is 18.2 Å². The van der Waals surface area contributed by atoms with Crippen molar-refractivity contribution in [2.45, 2.75) is 6.92 Å². The van der Waals surface area contributed by atoms with Gasteiger partial charge in [0, 0.05) is 29.1 Å². The Balaban J connectivity index is 0.00000272. The maximum absolute atomic E-state index is 12.7. The summed E-state index contributed by atoms with van der Waals surface area (Å²) in [5.74, 6) is 0.360. The molecule has 4 aromatic rings. The van der Waals surface area contributed by atoms with Gasteiger partial charge in [0.25, 0.3) is 0 Å². The molecule has 0 spiro atoms. The number of ether oxygens (including phenoxy) is 1. The number of carbonyl (C=O) groups is 2. The smallest absolute Gasteiger partial charge is 0.308 e. The summed E-state index contributed by atoms with van der Waals surface area (Å²) in [6, 6.07) is 19.2. The third-order valence-corrected chi connectivity index (χ3v) is 4.69. The van der Waals surface area contributed by atoms with E-state index in [1.54, 1.807) is 60.7 Å². The average Bonchev–Trinajstić information content (AvgIpc) is 2.74. The number of fused-ring (bicyclic) bond motifs is 1. The molecule has 0 aliphatic rings. The van der Waals surface area contributed by atoms with Crippen LogP contribution in [0, 0.1) is 0 Å². The molecule has 0 aliphatic heterocycles. The molecule has 4 rings (SSSR count). The molecule has 0 saturated carbocycles. The number of hydrogen-bond acceptors (Lipinski definition) is 6. The van der Waals surface area contributed by atoms with Crippen molar-refractivity contribution in [1.82, 2.24) is 9.97 Å². The molecule has 0 radical (unpaired) electrons. The van der Waals surface area contributed by atoms with Crippen LogP contribution in [0.2, 0.25) is 5.02 Å². The number of carbonyl (C=O) groups excluding carboxylic acids is 2. The Labute approximate surface area is 189 Å². The van der Waals surface area contributed by atoms with Crippen molar-refractivity contribution in [2.75, 3.05) is 5.32 Å². The number of nitrogens with zero attached hydrogens (tertiary/aromatic N) is 2. The molecule has 6 nitrogen and oxygen atoms in total. The van der Waals surface area contributed by atoms with Crippen LogP contribution in [0.1, 0.15) is 22.8 Å². The summed E-state index contributed by atoms with van der Waals surface area (Å²) in [4.78, 5) is 32.4. The quantitative estimate of drug-likeness (QED) is 0.240. The SMILES string of the molecule is CC(=O)Oc1ccc2ncnc(Nc3ccc(C(=O)c4ccccc4)c(Cl)c3)c2c1.Cl. The molecule has 0 aliphatic carbocycles. The average molecular weight is 454 g/mol. The first kappa shape index (κ1) is 22.2. The number of benzene rings is 3. The summed E-state index contributed by atoms with van der Waals surface area (Å²) >= 11 is 6.39. The second-order valence-electron chi connectivity index (χ2n) is 6.51. The van der Waals surface area contributed by atoms with Gasteiger partial charge in [0.1, 0.15) is 17.9 Å². The number of ketones is 1. The van der Waals surface area contributed by atoms with Crippen molar-refractivity contribution >= 4 is 58.2 Å². The third kappa shape index (κ3) is 4.99. The molecule has 0 amide bonds. The van der Waals surface area contributed by atoms with E-state index in [0.717, 1.165) is 0 Å². The van der Waals surface area contributed by atoms with E-state index in [9.17, 15) is 9.59 Å². The standard InChI is InChI=1S/C23H16ClN3O3.ClH/c1-14(28)30-17-8-10-21-19(12-17)23(26-13-25-21)27-16-7-9-18(20(24)11-16)22(29)15-5-3-2-4-6-15;/h2-13H,1H3,(H,25,26,27);1H. The Kier molecular flexibility index (Phi) is 6.84. The molecular weight excluding hydrogens is 437 g/mol. The highest BCUT2D eigenvalue weighted by molar-refractivity contribution is 6.35. The minimum Gasteiger partial charge on any atom is -0.427 e. The van der Waals surface area contributed by atoms with E-state index < -0.39 is 5.97 Å². The van der Waals surface area contributed by atoms with Crippen LogP contribution >= 0.6 is 24.0 Å². The van der Waals surface area contributed by atoms with E-state index in [0.29, 0.717) is 44.3 Å². The maximum atomic E-state index is 12.7. The lowest BCUT2D eigenvalue weighted by atomic mass is 10.0. The molecular formula is C23H17Cl2N3O3. The van der Waals surface area contributed by atoms with Gasteiger partial charge in [-0.3, -0.25) is 9.59 Å². The highest BCUT2D eigenvalue weighted by Gasteiger charge is 2.14. The van der Waals surface area contributed by atoms with E-state index in [4.69, 9.17) is 16.3 Å². The Morgan fingerprint density at radius 3 is 2.45 bits per heavy atom. The normalized spacial score (nSPS) is 10.3. The molecule has 1 aromatic heterocycles. The van der Waals surface area contributed by atoms with Gasteiger partial charge in [-0.15, -0.1) is 12.4 Å². The summed E-state index contributed by atoms with van der Waals surface area (Å²) in [6.45, 7) is 1.34. The van der Waals surface area contributed by atoms with Gasteiger partial charge in [0.2, 0.25) is 0 Å². The van der Waals surface area contributed by atoms with E-state index >= 15 is 0 Å². The Bertz CT molecular complexity index is 1260. The monoisotopic (exact) mass is 453 g/mol. The van der Waals surface area contributed by atoms with Crippen molar-refractivity contribution in [3.8, 4) is 5.75 Å². The number of rotatable bonds is 5. The van der Waals surface area contributed by atoms with Crippen LogP contribution in [0.4, 0.5) is 11.5 Å². The lowest BCUT2D eigenvalue weighted by Gasteiger charge is -2.11. The molecule has 0 fully saturated rings. The fraction of sp³-hybridized carbons (Fsp3) is 0.0435. The van der Waals surface area contributed by atoms with E-state index in [1.807, 2.05) is 6.07 Å². The highest BCUT2D eigenvalue weighted by Crippen LogP contribution is 2.29. The van der Waals surface area contributed by atoms with Gasteiger partial charge in [-0.1, -0.05) is 41.9 Å². The first-order chi connectivity index (χ1) is 14.5. The lowest BCUT2D eigenvalue weighted by molar-refractivity contribution is -0.131. The molecule has 31 heavy (non-hydrogen) atoms. The lowest BCUT2D eigenvalue weighted by Crippen LogP contribution is -2.03. The summed E-state index contributed by atoms with van der Waals surface area (Å²) in [6.07, 6.45) is 1.44. The van der Waals surface area contributed by atoms with Crippen LogP contribution < -0.4 is 10.1 Å². The van der Waals surface area contributed by atoms with Crippen molar-refractivity contribution in [3.63, 3.8) is 0 Å². The molecule has 0 saturated heterocycles. The Morgan fingerprint density at radius 2 is 1.74 bits per heavy atom. The zero-order valence-corrected chi connectivity index (χ0v) is 17.9. The van der Waals surface area contributed by atoms with Gasteiger partial charge in [-0.2, -0.15) is 0 Å². The fourth-order valence-corrected chi connectivity index (χ4v) is 3.29. The summed E-state index contributed by atoms with van der Waals surface area (Å²) in [5.41, 5.74) is 2.32. The van der Waals surface area contributed by atoms with Crippen molar-refractivity contribution in [1.29, 1.82) is 0 Å². The van der Waals surface area contributed by atoms with Gasteiger partial charge < -0.3 is 10.1 Å². The first-order valence-electron chi connectivity index (χ1n) is 9.11. The van der Waals surface area contributed by atoms with Gasteiger partial charge in [0.05, 0.1) is 10.5 Å². The summed E-state index contributed by atoms with van der Waals surface area (Å²) in [5, 5.41) is 4.19. The number of anilines is 2. The number of hydrogen-bond donors (Lipinski definition) is 1. The van der Waals surface area contributed by atoms with Crippen molar-refractivity contribution < 1.29 is 14.3 Å². The van der Waals surface area contributed by atoms with Gasteiger partial charge >= 0.3 is 5.97 Å². The number of nitrogens with one attached hydrogen (secondary N) is 1. The van der Waals surface area contributed by atoms with Gasteiger partial charge in [0.15, 0.2) is 5.78 Å². The second-order valence-corrected chi connectivity index (χ2v) is 6.92. The van der Waals surface area contributed by atoms with Crippen LogP contribution in [0.3, 0.4) is 0 Å². The molecule has 0 unspecified atom stereocenters. The Hall–Kier alpha value is -3.48. The molecule has 1 heterocycles. The van der Waals surface area contributed by atoms with Crippen LogP contribution in [-0.4, -0.2) is 21.7 Å². The maximum Gasteiger partial charge on any atom is 0.308 e. The minimum atomic E-state index is -0.411. The highest BCUT2D eigenvalue weighted by atomic mass is 35.5. The Morgan fingerprint density at radius 1 is 0.968 bits per heavy atom. The fourth-order valence-electron chi connectivity index (χ4n) is 3.02. The largest absolute Gasteiger partial charge is 0.427 e. The van der Waals surface area contributed by atoms with Crippen LogP contribution in [-0.2, 0) is 4.79 Å². The predicted molar refractivity (Wildman–Crippen MR) is 123 cm³/mol. The molecule has 1 N–H and O–H groups in total. The second kappa shape index (κ2) is 9.55. The predicted octanol–water partition coefficient (Wildman–Crippen LogP) is 5.60.